The first-order chi connectivity index (χ1) is 13.0. The highest BCUT2D eigenvalue weighted by molar-refractivity contribution is 5.90. The molecule has 0 aliphatic heterocycles. The van der Waals surface area contributed by atoms with E-state index in [0.29, 0.717) is 17.9 Å². The van der Waals surface area contributed by atoms with Crippen LogP contribution in [0.25, 0.3) is 10.8 Å². The lowest BCUT2D eigenvalue weighted by atomic mass is 10.00. The van der Waals surface area contributed by atoms with Gasteiger partial charge >= 0.3 is 0 Å². The molecule has 0 saturated carbocycles. The van der Waals surface area contributed by atoms with Gasteiger partial charge in [0.15, 0.2) is 11.5 Å². The fourth-order valence-corrected chi connectivity index (χ4v) is 3.14. The van der Waals surface area contributed by atoms with Gasteiger partial charge in [-0.15, -0.1) is 0 Å². The first-order valence-corrected chi connectivity index (χ1v) is 8.94. The van der Waals surface area contributed by atoms with E-state index < -0.39 is 0 Å². The van der Waals surface area contributed by atoms with Gasteiger partial charge < -0.3 is 19.3 Å². The van der Waals surface area contributed by atoms with E-state index in [0.717, 1.165) is 33.3 Å². The summed E-state index contributed by atoms with van der Waals surface area (Å²) in [5, 5.41) is 11.5. The number of fused-ring (bicyclic) bond motifs is 1. The van der Waals surface area contributed by atoms with Gasteiger partial charge in [0.2, 0.25) is 0 Å². The summed E-state index contributed by atoms with van der Waals surface area (Å²) in [6.07, 6.45) is 2.49. The van der Waals surface area contributed by atoms with Gasteiger partial charge in [-0.25, -0.2) is 0 Å². The highest BCUT2D eigenvalue weighted by Crippen LogP contribution is 2.35. The van der Waals surface area contributed by atoms with E-state index in [1.165, 1.54) is 0 Å². The number of benzene rings is 2. The van der Waals surface area contributed by atoms with Crippen molar-refractivity contribution in [2.75, 3.05) is 14.2 Å². The summed E-state index contributed by atoms with van der Waals surface area (Å²) in [5.74, 6) is 2.11. The van der Waals surface area contributed by atoms with Gasteiger partial charge in [0.1, 0.15) is 5.75 Å². The van der Waals surface area contributed by atoms with Crippen LogP contribution >= 0.6 is 0 Å². The van der Waals surface area contributed by atoms with Gasteiger partial charge in [0.05, 0.1) is 32.6 Å². The summed E-state index contributed by atoms with van der Waals surface area (Å²) >= 11 is 0. The quantitative estimate of drug-likeness (QED) is 0.681. The SMILES string of the molecule is COc1cc2c(CO)cnc(Cc3cccc(OC(C)C)c3)c2cc1OC. The molecule has 1 heterocycles. The Kier molecular flexibility index (Phi) is 5.81. The topological polar surface area (TPSA) is 60.8 Å². The van der Waals surface area contributed by atoms with E-state index >= 15 is 0 Å². The fraction of sp³-hybridized carbons (Fsp3) is 0.318. The number of nitrogens with zero attached hydrogens (tertiary/aromatic N) is 1. The largest absolute Gasteiger partial charge is 0.493 e. The standard InChI is InChI=1S/C22H25NO4/c1-14(2)27-17-7-5-6-15(8-17)9-20-19-11-22(26-4)21(25-3)10-18(19)16(13-24)12-23-20/h5-8,10-12,14,24H,9,13H2,1-4H3. The van der Waals surface area contributed by atoms with E-state index in [1.807, 2.05) is 44.2 Å². The number of hydrogen-bond acceptors (Lipinski definition) is 5. The summed E-state index contributed by atoms with van der Waals surface area (Å²) in [6, 6.07) is 11.8. The van der Waals surface area contributed by atoms with Crippen molar-refractivity contribution in [3.05, 3.63) is 59.4 Å². The molecule has 0 saturated heterocycles. The molecule has 1 N–H and O–H groups in total. The summed E-state index contributed by atoms with van der Waals surface area (Å²) < 4.78 is 16.7. The summed E-state index contributed by atoms with van der Waals surface area (Å²) in [6.45, 7) is 3.93. The molecule has 0 unspecified atom stereocenters. The van der Waals surface area contributed by atoms with Crippen LogP contribution in [0.1, 0.15) is 30.7 Å². The maximum Gasteiger partial charge on any atom is 0.161 e. The van der Waals surface area contributed by atoms with Crippen molar-refractivity contribution >= 4 is 10.8 Å². The van der Waals surface area contributed by atoms with Crippen molar-refractivity contribution in [3.63, 3.8) is 0 Å². The van der Waals surface area contributed by atoms with E-state index in [2.05, 4.69) is 11.1 Å². The molecule has 142 valence electrons. The van der Waals surface area contributed by atoms with E-state index in [-0.39, 0.29) is 12.7 Å². The maximum absolute atomic E-state index is 9.70. The predicted molar refractivity (Wildman–Crippen MR) is 106 cm³/mol. The van der Waals surface area contributed by atoms with Crippen molar-refractivity contribution in [3.8, 4) is 17.2 Å². The van der Waals surface area contributed by atoms with Gasteiger partial charge in [0.25, 0.3) is 0 Å². The molecule has 2 aromatic carbocycles. The number of ether oxygens (including phenoxy) is 3. The van der Waals surface area contributed by atoms with Crippen molar-refractivity contribution in [2.45, 2.75) is 33.0 Å². The van der Waals surface area contributed by atoms with Crippen LogP contribution in [-0.4, -0.2) is 30.4 Å². The van der Waals surface area contributed by atoms with Crippen molar-refractivity contribution < 1.29 is 19.3 Å². The zero-order chi connectivity index (χ0) is 19.4. The van der Waals surface area contributed by atoms with E-state index in [1.54, 1.807) is 20.4 Å². The first-order valence-electron chi connectivity index (χ1n) is 8.94. The average Bonchev–Trinajstić information content (AvgIpc) is 2.67. The second kappa shape index (κ2) is 8.27. The monoisotopic (exact) mass is 367 g/mol. The lowest BCUT2D eigenvalue weighted by Gasteiger charge is -2.14. The Bertz CT molecular complexity index is 937. The van der Waals surface area contributed by atoms with Gasteiger partial charge in [0, 0.05) is 23.6 Å². The van der Waals surface area contributed by atoms with E-state index in [9.17, 15) is 5.11 Å². The molecule has 0 amide bonds. The van der Waals surface area contributed by atoms with Crippen molar-refractivity contribution in [2.24, 2.45) is 0 Å². The Morgan fingerprint density at radius 1 is 1.00 bits per heavy atom. The maximum atomic E-state index is 9.70. The molecule has 0 fully saturated rings. The average molecular weight is 367 g/mol. The van der Waals surface area contributed by atoms with Crippen LogP contribution in [0.5, 0.6) is 17.2 Å². The Labute approximate surface area is 159 Å². The number of aliphatic hydroxyl groups is 1. The molecule has 0 atom stereocenters. The van der Waals surface area contributed by atoms with Gasteiger partial charge in [-0.05, 0) is 49.1 Å². The lowest BCUT2D eigenvalue weighted by Crippen LogP contribution is -2.05. The Morgan fingerprint density at radius 2 is 1.70 bits per heavy atom. The Morgan fingerprint density at radius 3 is 2.33 bits per heavy atom. The minimum Gasteiger partial charge on any atom is -0.493 e. The number of aromatic nitrogens is 1. The molecular weight excluding hydrogens is 342 g/mol. The number of pyridine rings is 1. The van der Waals surface area contributed by atoms with Crippen LogP contribution in [-0.2, 0) is 13.0 Å². The number of methoxy groups -OCH3 is 2. The van der Waals surface area contributed by atoms with Crippen molar-refractivity contribution in [1.29, 1.82) is 0 Å². The van der Waals surface area contributed by atoms with Crippen LogP contribution in [0.4, 0.5) is 0 Å². The molecule has 0 spiro atoms. The minimum absolute atomic E-state index is 0.0863. The molecule has 27 heavy (non-hydrogen) atoms. The first kappa shape index (κ1) is 19.0. The second-order valence-corrected chi connectivity index (χ2v) is 6.63. The van der Waals surface area contributed by atoms with Gasteiger partial charge in [-0.2, -0.15) is 0 Å². The third-order valence-electron chi connectivity index (χ3n) is 4.37. The van der Waals surface area contributed by atoms with Gasteiger partial charge in [-0.1, -0.05) is 12.1 Å². The summed E-state index contributed by atoms with van der Waals surface area (Å²) in [5.41, 5.74) is 2.77. The summed E-state index contributed by atoms with van der Waals surface area (Å²) in [4.78, 5) is 4.60. The molecule has 5 heteroatoms. The number of rotatable bonds is 7. The van der Waals surface area contributed by atoms with Crippen LogP contribution in [0.15, 0.2) is 42.6 Å². The van der Waals surface area contributed by atoms with Gasteiger partial charge in [-0.3, -0.25) is 4.98 Å². The number of hydrogen-bond donors (Lipinski definition) is 1. The predicted octanol–water partition coefficient (Wildman–Crippen LogP) is 4.12. The minimum atomic E-state index is -0.0863. The highest BCUT2D eigenvalue weighted by atomic mass is 16.5. The molecule has 0 bridgehead atoms. The Balaban J connectivity index is 2.06. The molecule has 3 aromatic rings. The van der Waals surface area contributed by atoms with Crippen LogP contribution in [0.3, 0.4) is 0 Å². The second-order valence-electron chi connectivity index (χ2n) is 6.63. The smallest absolute Gasteiger partial charge is 0.161 e. The molecule has 5 nitrogen and oxygen atoms in total. The third-order valence-corrected chi connectivity index (χ3v) is 4.37. The third kappa shape index (κ3) is 4.14. The summed E-state index contributed by atoms with van der Waals surface area (Å²) in [7, 11) is 3.21. The zero-order valence-corrected chi connectivity index (χ0v) is 16.2. The molecule has 0 aliphatic rings. The Hall–Kier alpha value is -2.79. The molecule has 0 radical (unpaired) electrons. The van der Waals surface area contributed by atoms with E-state index in [4.69, 9.17) is 14.2 Å². The lowest BCUT2D eigenvalue weighted by molar-refractivity contribution is 0.242. The van der Waals surface area contributed by atoms with Crippen LogP contribution in [0.2, 0.25) is 0 Å². The molecule has 3 rings (SSSR count). The molecular formula is C22H25NO4. The van der Waals surface area contributed by atoms with Crippen molar-refractivity contribution in [1.82, 2.24) is 4.98 Å². The highest BCUT2D eigenvalue weighted by Gasteiger charge is 2.14. The molecule has 1 aromatic heterocycles. The zero-order valence-electron chi connectivity index (χ0n) is 16.2. The molecule has 0 aliphatic carbocycles. The normalized spacial score (nSPS) is 11.0. The fourth-order valence-electron chi connectivity index (χ4n) is 3.14. The number of aliphatic hydroxyl groups excluding tert-OH is 1. The van der Waals surface area contributed by atoms with Crippen LogP contribution in [0, 0.1) is 0 Å². The van der Waals surface area contributed by atoms with Crippen LogP contribution < -0.4 is 14.2 Å².